The van der Waals surface area contributed by atoms with Gasteiger partial charge in [-0.05, 0) is 20.3 Å². The van der Waals surface area contributed by atoms with E-state index in [1.807, 2.05) is 20.2 Å². The van der Waals surface area contributed by atoms with Gasteiger partial charge >= 0.3 is 0 Å². The molecule has 16 heavy (non-hydrogen) atoms. The van der Waals surface area contributed by atoms with Crippen LogP contribution in [0.3, 0.4) is 0 Å². The van der Waals surface area contributed by atoms with Gasteiger partial charge < -0.3 is 14.4 Å². The Morgan fingerprint density at radius 3 is 2.69 bits per heavy atom. The summed E-state index contributed by atoms with van der Waals surface area (Å²) in [6, 6.07) is 1.29. The van der Waals surface area contributed by atoms with Crippen LogP contribution in [0.4, 0.5) is 0 Å². The minimum atomic E-state index is -0.250. The molecule has 1 heterocycles. The fraction of sp³-hybridized carbons (Fsp3) is 0.909. The van der Waals surface area contributed by atoms with Gasteiger partial charge in [-0.1, -0.05) is 6.04 Å². The van der Waals surface area contributed by atoms with E-state index in [0.717, 1.165) is 32.8 Å². The molecule has 0 aromatic heterocycles. The van der Waals surface area contributed by atoms with Crippen LogP contribution in [0.25, 0.3) is 0 Å². The zero-order chi connectivity index (χ0) is 11.6. The second-order valence-electron chi connectivity index (χ2n) is 3.89. The number of rotatable bonds is 9. The molecule has 94 valence electrons. The van der Waals surface area contributed by atoms with Crippen molar-refractivity contribution in [2.45, 2.75) is 32.2 Å². The van der Waals surface area contributed by atoms with Crippen molar-refractivity contribution >= 4 is 15.9 Å². The molecular formula is C11H24N2O2Si. The minimum absolute atomic E-state index is 0.127. The van der Waals surface area contributed by atoms with E-state index in [4.69, 9.17) is 9.47 Å². The van der Waals surface area contributed by atoms with Crippen LogP contribution in [0.1, 0.15) is 20.3 Å². The van der Waals surface area contributed by atoms with Gasteiger partial charge in [0.25, 0.3) is 0 Å². The van der Waals surface area contributed by atoms with Crippen molar-refractivity contribution in [3.8, 4) is 0 Å². The summed E-state index contributed by atoms with van der Waals surface area (Å²) in [5, 5.41) is 0. The van der Waals surface area contributed by atoms with E-state index in [0.29, 0.717) is 0 Å². The normalized spacial score (nSPS) is 16.1. The third kappa shape index (κ3) is 5.63. The molecule has 0 unspecified atom stereocenters. The highest BCUT2D eigenvalue weighted by molar-refractivity contribution is 6.36. The first kappa shape index (κ1) is 13.7. The van der Waals surface area contributed by atoms with E-state index in [1.165, 1.54) is 12.5 Å². The number of hydrogen-bond acceptors (Lipinski definition) is 4. The third-order valence-corrected chi connectivity index (χ3v) is 4.45. The van der Waals surface area contributed by atoms with Gasteiger partial charge in [0.1, 0.15) is 5.91 Å². The molecule has 1 aliphatic rings. The van der Waals surface area contributed by atoms with Crippen LogP contribution in [0, 0.1) is 0 Å². The lowest BCUT2D eigenvalue weighted by Crippen LogP contribution is -2.26. The largest absolute Gasteiger partial charge is 0.361 e. The average molecular weight is 244 g/mol. The Balaban J connectivity index is 2.00. The van der Waals surface area contributed by atoms with E-state index in [2.05, 4.69) is 9.89 Å². The molecule has 0 fully saturated rings. The quantitative estimate of drug-likeness (QED) is 0.339. The molecule has 0 atom stereocenters. The summed E-state index contributed by atoms with van der Waals surface area (Å²) in [6.45, 7) is 8.79. The van der Waals surface area contributed by atoms with Crippen molar-refractivity contribution in [1.29, 1.82) is 0 Å². The summed E-state index contributed by atoms with van der Waals surface area (Å²) in [7, 11) is -0.250. The van der Waals surface area contributed by atoms with Crippen LogP contribution in [-0.2, 0) is 9.47 Å². The summed E-state index contributed by atoms with van der Waals surface area (Å²) in [4.78, 5) is 6.50. The van der Waals surface area contributed by atoms with E-state index in [-0.39, 0.29) is 15.4 Å². The van der Waals surface area contributed by atoms with E-state index < -0.39 is 0 Å². The zero-order valence-electron chi connectivity index (χ0n) is 10.5. The van der Waals surface area contributed by atoms with E-state index in [9.17, 15) is 0 Å². The van der Waals surface area contributed by atoms with Crippen molar-refractivity contribution in [2.75, 3.05) is 32.8 Å². The summed E-state index contributed by atoms with van der Waals surface area (Å²) in [5.41, 5.74) is 0. The van der Waals surface area contributed by atoms with Gasteiger partial charge in [-0.2, -0.15) is 0 Å². The molecule has 0 bridgehead atoms. The van der Waals surface area contributed by atoms with Crippen LogP contribution >= 0.6 is 0 Å². The lowest BCUT2D eigenvalue weighted by Gasteiger charge is -2.17. The molecule has 0 amide bonds. The SMILES string of the molecule is CCOC(OCC)[SiH2]CCCN1C=NCC1. The summed E-state index contributed by atoms with van der Waals surface area (Å²) in [6.07, 6.45) is 3.22. The smallest absolute Gasteiger partial charge is 0.134 e. The van der Waals surface area contributed by atoms with Gasteiger partial charge in [0.15, 0.2) is 0 Å². The second-order valence-corrected chi connectivity index (χ2v) is 5.84. The summed E-state index contributed by atoms with van der Waals surface area (Å²) < 4.78 is 11.1. The Bertz CT molecular complexity index is 196. The van der Waals surface area contributed by atoms with Gasteiger partial charge in [-0.3, -0.25) is 4.99 Å². The molecule has 0 aromatic rings. The van der Waals surface area contributed by atoms with Crippen molar-refractivity contribution < 1.29 is 9.47 Å². The summed E-state index contributed by atoms with van der Waals surface area (Å²) in [5.74, 6) is 0.127. The van der Waals surface area contributed by atoms with E-state index >= 15 is 0 Å². The molecule has 5 heteroatoms. The molecule has 1 rings (SSSR count). The lowest BCUT2D eigenvalue weighted by molar-refractivity contribution is -0.0827. The van der Waals surface area contributed by atoms with Gasteiger partial charge in [0, 0.05) is 26.3 Å². The molecule has 0 aliphatic carbocycles. The molecule has 0 saturated carbocycles. The highest BCUT2D eigenvalue weighted by Crippen LogP contribution is 2.02. The first-order chi connectivity index (χ1) is 7.86. The number of nitrogens with zero attached hydrogens (tertiary/aromatic N) is 2. The van der Waals surface area contributed by atoms with Gasteiger partial charge in [0.05, 0.1) is 22.4 Å². The lowest BCUT2D eigenvalue weighted by atomic mass is 10.4. The highest BCUT2D eigenvalue weighted by Gasteiger charge is 2.09. The highest BCUT2D eigenvalue weighted by atomic mass is 28.2. The van der Waals surface area contributed by atoms with Crippen molar-refractivity contribution in [3.63, 3.8) is 0 Å². The number of aliphatic imine (C=N–C) groups is 1. The van der Waals surface area contributed by atoms with Crippen LogP contribution < -0.4 is 0 Å². The molecule has 0 aromatic carbocycles. The summed E-state index contributed by atoms with van der Waals surface area (Å²) >= 11 is 0. The third-order valence-electron chi connectivity index (χ3n) is 2.60. The van der Waals surface area contributed by atoms with Crippen molar-refractivity contribution in [1.82, 2.24) is 4.90 Å². The molecule has 0 N–H and O–H groups in total. The van der Waals surface area contributed by atoms with Gasteiger partial charge in [0.2, 0.25) is 0 Å². The maximum atomic E-state index is 5.55. The monoisotopic (exact) mass is 244 g/mol. The van der Waals surface area contributed by atoms with Gasteiger partial charge in [-0.25, -0.2) is 0 Å². The van der Waals surface area contributed by atoms with Crippen molar-refractivity contribution in [2.24, 2.45) is 4.99 Å². The molecule has 4 nitrogen and oxygen atoms in total. The molecule has 0 saturated heterocycles. The topological polar surface area (TPSA) is 34.1 Å². The first-order valence-electron chi connectivity index (χ1n) is 6.34. The Labute approximate surface area is 101 Å². The van der Waals surface area contributed by atoms with Crippen LogP contribution in [-0.4, -0.2) is 59.5 Å². The number of hydrogen-bond donors (Lipinski definition) is 0. The molecule has 1 aliphatic heterocycles. The minimum Gasteiger partial charge on any atom is -0.361 e. The van der Waals surface area contributed by atoms with E-state index in [1.54, 1.807) is 0 Å². The van der Waals surface area contributed by atoms with Crippen molar-refractivity contribution in [3.05, 3.63) is 0 Å². The maximum absolute atomic E-state index is 5.55. The first-order valence-corrected chi connectivity index (χ1v) is 8.15. The van der Waals surface area contributed by atoms with Crippen LogP contribution in [0.2, 0.25) is 6.04 Å². The zero-order valence-corrected chi connectivity index (χ0v) is 11.9. The Kier molecular flexibility index (Phi) is 7.45. The standard InChI is InChI=1S/C11H24N2O2Si/c1-3-14-11(15-4-2)16-9-5-7-13-8-6-12-10-13/h10-11H,3-9,16H2,1-2H3. The van der Waals surface area contributed by atoms with Gasteiger partial charge in [-0.15, -0.1) is 0 Å². The predicted molar refractivity (Wildman–Crippen MR) is 69.9 cm³/mol. The van der Waals surface area contributed by atoms with Crippen LogP contribution in [0.5, 0.6) is 0 Å². The predicted octanol–water partition coefficient (Wildman–Crippen LogP) is 0.664. The van der Waals surface area contributed by atoms with Crippen LogP contribution in [0.15, 0.2) is 4.99 Å². The Hall–Kier alpha value is -0.393. The second kappa shape index (κ2) is 8.72. The Morgan fingerprint density at radius 2 is 2.12 bits per heavy atom. The number of ether oxygens (including phenoxy) is 2. The fourth-order valence-corrected chi connectivity index (χ4v) is 3.45. The molecule has 0 radical (unpaired) electrons. The maximum Gasteiger partial charge on any atom is 0.134 e. The average Bonchev–Trinajstić information content (AvgIpc) is 2.78. The Morgan fingerprint density at radius 1 is 1.38 bits per heavy atom. The molecule has 0 spiro atoms. The fourth-order valence-electron chi connectivity index (χ4n) is 1.80. The molecular weight excluding hydrogens is 220 g/mol.